The van der Waals surface area contributed by atoms with Crippen molar-refractivity contribution in [2.45, 2.75) is 38.6 Å². The van der Waals surface area contributed by atoms with E-state index in [4.69, 9.17) is 21.0 Å². The van der Waals surface area contributed by atoms with Gasteiger partial charge in [0, 0.05) is 13.4 Å². The fourth-order valence-electron chi connectivity index (χ4n) is 3.05. The summed E-state index contributed by atoms with van der Waals surface area (Å²) in [6, 6.07) is 4.97. The number of phenols is 1. The van der Waals surface area contributed by atoms with Crippen LogP contribution in [0.4, 0.5) is 0 Å². The van der Waals surface area contributed by atoms with Crippen molar-refractivity contribution in [1.29, 1.82) is 0 Å². The summed E-state index contributed by atoms with van der Waals surface area (Å²) in [7, 11) is 0.859. The molecule has 140 valence electrons. The van der Waals surface area contributed by atoms with Crippen molar-refractivity contribution in [3.8, 4) is 5.75 Å². The predicted molar refractivity (Wildman–Crippen MR) is 107 cm³/mol. The Labute approximate surface area is 160 Å². The normalized spacial score (nSPS) is 18.0. The second kappa shape index (κ2) is 9.98. The van der Waals surface area contributed by atoms with E-state index in [0.29, 0.717) is 17.9 Å². The fraction of sp³-hybridized carbons (Fsp3) is 0.400. The maximum atomic E-state index is 9.85. The summed E-state index contributed by atoms with van der Waals surface area (Å²) >= 11 is 6.20. The SMILES string of the molecule is C=C(COC)C1=CCB(O)OC1CC/C(=C/c1ccc(O)cc1Cl)CC. The molecule has 0 aliphatic carbocycles. The van der Waals surface area contributed by atoms with Gasteiger partial charge in [0.2, 0.25) is 0 Å². The quantitative estimate of drug-likeness (QED) is 0.650. The molecule has 0 spiro atoms. The first-order valence-electron chi connectivity index (χ1n) is 8.83. The highest BCUT2D eigenvalue weighted by atomic mass is 35.5. The van der Waals surface area contributed by atoms with Gasteiger partial charge in [0.25, 0.3) is 0 Å². The van der Waals surface area contributed by atoms with E-state index in [1.165, 1.54) is 11.6 Å². The van der Waals surface area contributed by atoms with Crippen LogP contribution in [-0.4, -0.2) is 37.1 Å². The molecule has 1 atom stereocenters. The first kappa shape index (κ1) is 20.8. The zero-order chi connectivity index (χ0) is 19.1. The third-order valence-electron chi connectivity index (χ3n) is 4.46. The maximum Gasteiger partial charge on any atom is 0.458 e. The van der Waals surface area contributed by atoms with E-state index < -0.39 is 7.12 Å². The van der Waals surface area contributed by atoms with Gasteiger partial charge in [-0.25, -0.2) is 0 Å². The van der Waals surface area contributed by atoms with Gasteiger partial charge < -0.3 is 19.5 Å². The van der Waals surface area contributed by atoms with Crippen molar-refractivity contribution in [3.63, 3.8) is 0 Å². The van der Waals surface area contributed by atoms with Crippen LogP contribution in [0, 0.1) is 0 Å². The van der Waals surface area contributed by atoms with Crippen LogP contribution in [0.3, 0.4) is 0 Å². The van der Waals surface area contributed by atoms with Gasteiger partial charge in [-0.2, -0.15) is 0 Å². The molecular formula is C20H26BClO4. The summed E-state index contributed by atoms with van der Waals surface area (Å²) in [6.07, 6.45) is 6.73. The van der Waals surface area contributed by atoms with Crippen LogP contribution in [0.25, 0.3) is 6.08 Å². The molecular weight excluding hydrogens is 350 g/mol. The molecule has 0 fully saturated rings. The largest absolute Gasteiger partial charge is 0.508 e. The Morgan fingerprint density at radius 3 is 2.92 bits per heavy atom. The molecule has 26 heavy (non-hydrogen) atoms. The van der Waals surface area contributed by atoms with Gasteiger partial charge in [-0.05, 0) is 54.2 Å². The van der Waals surface area contributed by atoms with Crippen LogP contribution in [-0.2, 0) is 9.39 Å². The lowest BCUT2D eigenvalue weighted by atomic mass is 9.78. The first-order valence-corrected chi connectivity index (χ1v) is 9.21. The molecule has 2 N–H and O–H groups in total. The summed E-state index contributed by atoms with van der Waals surface area (Å²) in [5.74, 6) is 0.154. The third-order valence-corrected chi connectivity index (χ3v) is 4.79. The van der Waals surface area contributed by atoms with Crippen LogP contribution in [0.15, 0.2) is 47.6 Å². The minimum Gasteiger partial charge on any atom is -0.508 e. The zero-order valence-electron chi connectivity index (χ0n) is 15.4. The molecule has 0 amide bonds. The Hall–Kier alpha value is -1.53. The Morgan fingerprint density at radius 2 is 2.27 bits per heavy atom. The van der Waals surface area contributed by atoms with Crippen LogP contribution < -0.4 is 0 Å². The summed E-state index contributed by atoms with van der Waals surface area (Å²) < 4.78 is 10.9. The van der Waals surface area contributed by atoms with Crippen molar-refractivity contribution in [1.82, 2.24) is 0 Å². The highest BCUT2D eigenvalue weighted by molar-refractivity contribution is 6.43. The Balaban J connectivity index is 2.10. The van der Waals surface area contributed by atoms with Gasteiger partial charge in [0.05, 0.1) is 17.7 Å². The Bertz CT molecular complexity index is 699. The maximum absolute atomic E-state index is 9.85. The number of rotatable bonds is 8. The summed E-state index contributed by atoms with van der Waals surface area (Å²) in [5, 5.41) is 19.9. The molecule has 0 aromatic heterocycles. The molecule has 0 radical (unpaired) electrons. The zero-order valence-corrected chi connectivity index (χ0v) is 16.1. The number of hydrogen-bond acceptors (Lipinski definition) is 4. The first-order chi connectivity index (χ1) is 12.4. The topological polar surface area (TPSA) is 58.9 Å². The average Bonchev–Trinajstić information content (AvgIpc) is 2.60. The number of phenolic OH excluding ortho intramolecular Hbond substituents is 1. The molecule has 6 heteroatoms. The lowest BCUT2D eigenvalue weighted by Gasteiger charge is -2.28. The van der Waals surface area contributed by atoms with Crippen molar-refractivity contribution < 1.29 is 19.5 Å². The second-order valence-electron chi connectivity index (χ2n) is 6.41. The van der Waals surface area contributed by atoms with Crippen molar-refractivity contribution in [2.75, 3.05) is 13.7 Å². The van der Waals surface area contributed by atoms with Gasteiger partial charge >= 0.3 is 7.12 Å². The number of benzene rings is 1. The molecule has 1 aromatic carbocycles. The molecule has 1 unspecified atom stereocenters. The van der Waals surface area contributed by atoms with Crippen LogP contribution in [0.1, 0.15) is 31.7 Å². The van der Waals surface area contributed by atoms with E-state index in [-0.39, 0.29) is 11.9 Å². The number of aromatic hydroxyl groups is 1. The lowest BCUT2D eigenvalue weighted by molar-refractivity contribution is 0.176. The smallest absolute Gasteiger partial charge is 0.458 e. The number of halogens is 1. The van der Waals surface area contributed by atoms with Crippen LogP contribution in [0.2, 0.25) is 11.3 Å². The van der Waals surface area contributed by atoms with Gasteiger partial charge in [-0.1, -0.05) is 42.8 Å². The molecule has 1 aromatic rings. The predicted octanol–water partition coefficient (Wildman–Crippen LogP) is 4.63. The van der Waals surface area contributed by atoms with Crippen molar-refractivity contribution in [3.05, 3.63) is 58.2 Å². The van der Waals surface area contributed by atoms with E-state index in [0.717, 1.165) is 36.0 Å². The van der Waals surface area contributed by atoms with E-state index in [1.807, 2.05) is 12.2 Å². The summed E-state index contributed by atoms with van der Waals surface area (Å²) in [5.41, 5.74) is 3.99. The van der Waals surface area contributed by atoms with Gasteiger partial charge in [-0.3, -0.25) is 0 Å². The van der Waals surface area contributed by atoms with Crippen molar-refractivity contribution in [2.24, 2.45) is 0 Å². The molecule has 0 bridgehead atoms. The number of allylic oxidation sites excluding steroid dienone is 2. The Kier molecular flexibility index (Phi) is 7.97. The minimum atomic E-state index is -0.778. The summed E-state index contributed by atoms with van der Waals surface area (Å²) in [4.78, 5) is 0. The molecule has 0 saturated heterocycles. The third kappa shape index (κ3) is 5.75. The van der Waals surface area contributed by atoms with E-state index in [9.17, 15) is 10.1 Å². The molecule has 4 nitrogen and oxygen atoms in total. The fourth-order valence-corrected chi connectivity index (χ4v) is 3.28. The minimum absolute atomic E-state index is 0.154. The molecule has 1 aliphatic heterocycles. The highest BCUT2D eigenvalue weighted by Gasteiger charge is 2.28. The van der Waals surface area contributed by atoms with Gasteiger partial charge in [0.15, 0.2) is 0 Å². The monoisotopic (exact) mass is 376 g/mol. The van der Waals surface area contributed by atoms with Crippen LogP contribution in [0.5, 0.6) is 5.75 Å². The van der Waals surface area contributed by atoms with Gasteiger partial charge in [0.1, 0.15) is 5.75 Å². The molecule has 2 rings (SSSR count). The lowest BCUT2D eigenvalue weighted by Crippen LogP contribution is -2.32. The van der Waals surface area contributed by atoms with Gasteiger partial charge in [-0.15, -0.1) is 0 Å². The van der Waals surface area contributed by atoms with E-state index in [1.54, 1.807) is 19.2 Å². The number of methoxy groups -OCH3 is 1. The number of ether oxygens (including phenoxy) is 1. The second-order valence-corrected chi connectivity index (χ2v) is 6.82. The molecule has 1 aliphatic rings. The van der Waals surface area contributed by atoms with E-state index in [2.05, 4.69) is 13.5 Å². The standard InChI is InChI=1S/C20H26BClO4/c1-4-15(11-16-6-7-17(23)12-19(16)22)5-8-20-18(14(2)13-25-3)9-10-21(24)26-20/h6-7,9,11-12,20,23-24H,2,4-5,8,10,13H2,1,3H3/b15-11+. The molecule has 0 saturated carbocycles. The highest BCUT2D eigenvalue weighted by Crippen LogP contribution is 2.30. The average molecular weight is 377 g/mol. The molecule has 1 heterocycles. The van der Waals surface area contributed by atoms with Crippen LogP contribution >= 0.6 is 11.6 Å². The van der Waals surface area contributed by atoms with Crippen molar-refractivity contribution >= 4 is 24.8 Å². The number of hydrogen-bond donors (Lipinski definition) is 2. The Morgan fingerprint density at radius 1 is 1.50 bits per heavy atom. The van der Waals surface area contributed by atoms with E-state index >= 15 is 0 Å². The summed E-state index contributed by atoms with van der Waals surface area (Å²) in [6.45, 7) is 6.61.